The molecular formula is C12H9F5I2O4S. The van der Waals surface area contributed by atoms with E-state index in [1.807, 2.05) is 0 Å². The van der Waals surface area contributed by atoms with E-state index in [0.717, 1.165) is 0 Å². The number of ether oxygens (including phenoxy) is 1. The Morgan fingerprint density at radius 3 is 2.12 bits per heavy atom. The number of alkyl halides is 5. The van der Waals surface area contributed by atoms with Crippen molar-refractivity contribution >= 4 is 60.9 Å². The van der Waals surface area contributed by atoms with Crippen LogP contribution in [0.4, 0.5) is 22.0 Å². The highest BCUT2D eigenvalue weighted by Gasteiger charge is 2.65. The van der Waals surface area contributed by atoms with Crippen LogP contribution in [0.2, 0.25) is 0 Å². The second-order valence-electron chi connectivity index (χ2n) is 4.59. The van der Waals surface area contributed by atoms with Gasteiger partial charge >= 0.3 is 21.5 Å². The van der Waals surface area contributed by atoms with E-state index in [-0.39, 0.29) is 7.14 Å². The van der Waals surface area contributed by atoms with Gasteiger partial charge in [-0.3, -0.25) is 4.55 Å². The Hall–Kier alpha value is -0.220. The fourth-order valence-electron chi connectivity index (χ4n) is 1.55. The van der Waals surface area contributed by atoms with Crippen molar-refractivity contribution in [2.24, 2.45) is 0 Å². The number of rotatable bonds is 5. The quantitative estimate of drug-likeness (QED) is 0.303. The Kier molecular flexibility index (Phi) is 6.53. The van der Waals surface area contributed by atoms with E-state index >= 15 is 0 Å². The lowest BCUT2D eigenvalue weighted by Crippen LogP contribution is -2.53. The van der Waals surface area contributed by atoms with Gasteiger partial charge in [-0.2, -0.15) is 30.4 Å². The average molecular weight is 598 g/mol. The summed E-state index contributed by atoms with van der Waals surface area (Å²) in [5, 5.41) is -5.59. The molecule has 0 aliphatic rings. The fraction of sp³-hybridized carbons (Fsp3) is 0.333. The first kappa shape index (κ1) is 21.8. The van der Waals surface area contributed by atoms with E-state index in [9.17, 15) is 30.4 Å². The second-order valence-corrected chi connectivity index (χ2v) is 8.33. The smallest absolute Gasteiger partial charge is 0.432 e. The van der Waals surface area contributed by atoms with Crippen molar-refractivity contribution in [1.29, 1.82) is 0 Å². The molecule has 0 fully saturated rings. The molecule has 136 valence electrons. The van der Waals surface area contributed by atoms with E-state index in [2.05, 4.69) is 11.3 Å². The number of hydrogen-bond acceptors (Lipinski definition) is 3. The topological polar surface area (TPSA) is 63.6 Å². The van der Waals surface area contributed by atoms with Gasteiger partial charge in [-0.1, -0.05) is 12.6 Å². The first-order valence-electron chi connectivity index (χ1n) is 5.82. The first-order valence-corrected chi connectivity index (χ1v) is 9.42. The maximum atomic E-state index is 13.6. The van der Waals surface area contributed by atoms with Crippen LogP contribution in [0.25, 0.3) is 5.57 Å². The third-order valence-corrected chi connectivity index (χ3v) is 5.51. The summed E-state index contributed by atoms with van der Waals surface area (Å²) in [6.07, 6.45) is -9.84. The summed E-state index contributed by atoms with van der Waals surface area (Å²) < 4.78 is 100. The number of hydrogen-bond donors (Lipinski definition) is 1. The van der Waals surface area contributed by atoms with Crippen LogP contribution in [-0.2, 0) is 10.1 Å². The molecule has 1 aromatic carbocycles. The van der Waals surface area contributed by atoms with Crippen molar-refractivity contribution < 1.29 is 39.7 Å². The molecule has 0 aliphatic carbocycles. The van der Waals surface area contributed by atoms with Gasteiger partial charge in [-0.15, -0.1) is 0 Å². The van der Waals surface area contributed by atoms with Crippen molar-refractivity contribution in [3.8, 4) is 5.75 Å². The molecule has 0 bridgehead atoms. The van der Waals surface area contributed by atoms with Gasteiger partial charge in [0.25, 0.3) is 6.10 Å². The highest BCUT2D eigenvalue weighted by atomic mass is 127. The van der Waals surface area contributed by atoms with Crippen LogP contribution in [-0.4, -0.2) is 30.5 Å². The van der Waals surface area contributed by atoms with Crippen molar-refractivity contribution in [2.75, 3.05) is 0 Å². The lowest BCUT2D eigenvalue weighted by molar-refractivity contribution is -0.239. The predicted octanol–water partition coefficient (Wildman–Crippen LogP) is 4.72. The Labute approximate surface area is 161 Å². The van der Waals surface area contributed by atoms with Gasteiger partial charge in [0.15, 0.2) is 0 Å². The Balaban J connectivity index is 3.53. The third-order valence-electron chi connectivity index (χ3n) is 2.69. The Morgan fingerprint density at radius 2 is 1.75 bits per heavy atom. The van der Waals surface area contributed by atoms with Crippen molar-refractivity contribution in [1.82, 2.24) is 0 Å². The average Bonchev–Trinajstić information content (AvgIpc) is 2.34. The van der Waals surface area contributed by atoms with Crippen molar-refractivity contribution in [3.05, 3.63) is 31.4 Å². The lowest BCUT2D eigenvalue weighted by Gasteiger charge is -2.28. The number of halogens is 7. The van der Waals surface area contributed by atoms with Crippen molar-refractivity contribution in [3.63, 3.8) is 0 Å². The standard InChI is InChI=1S/C12H9F5I2O4S/c1-5(2)6-3-4-7(18)9(8(6)19)23-10(11(13,14)15)12(16,17)24(20,21)22/h3-4,10H,1H2,2H3,(H,20,21,22). The monoisotopic (exact) mass is 598 g/mol. The predicted molar refractivity (Wildman–Crippen MR) is 93.6 cm³/mol. The van der Waals surface area contributed by atoms with Crippen LogP contribution in [0.15, 0.2) is 18.7 Å². The molecule has 0 aromatic heterocycles. The lowest BCUT2D eigenvalue weighted by atomic mass is 10.1. The van der Waals surface area contributed by atoms with Gasteiger partial charge in [-0.05, 0) is 69.3 Å². The van der Waals surface area contributed by atoms with Gasteiger partial charge in [0.05, 0.1) is 7.14 Å². The Morgan fingerprint density at radius 1 is 1.25 bits per heavy atom. The summed E-state index contributed by atoms with van der Waals surface area (Å²) in [6.45, 7) is 5.15. The maximum absolute atomic E-state index is 13.6. The molecule has 1 atom stereocenters. The van der Waals surface area contributed by atoms with E-state index < -0.39 is 33.4 Å². The minimum atomic E-state index is -6.36. The molecule has 0 saturated carbocycles. The SMILES string of the molecule is C=C(C)c1ccc(I)c(OC(C(F)(F)F)C(F)(F)S(=O)(=O)O)c1I. The minimum absolute atomic E-state index is 0.0439. The molecule has 24 heavy (non-hydrogen) atoms. The van der Waals surface area contributed by atoms with Gasteiger partial charge in [0.2, 0.25) is 0 Å². The molecular weight excluding hydrogens is 589 g/mol. The molecule has 0 radical (unpaired) electrons. The summed E-state index contributed by atoms with van der Waals surface area (Å²) in [5.41, 5.74) is 0.785. The fourth-order valence-corrected chi connectivity index (χ4v) is 4.15. The Bertz CT molecular complexity index is 761. The maximum Gasteiger partial charge on any atom is 0.432 e. The highest BCUT2D eigenvalue weighted by Crippen LogP contribution is 2.41. The zero-order valence-electron chi connectivity index (χ0n) is 11.7. The summed E-state index contributed by atoms with van der Waals surface area (Å²) >= 11 is 3.13. The van der Waals surface area contributed by atoms with Crippen LogP contribution in [0.3, 0.4) is 0 Å². The highest BCUT2D eigenvalue weighted by molar-refractivity contribution is 14.1. The molecule has 0 spiro atoms. The van der Waals surface area contributed by atoms with Crippen molar-refractivity contribution in [2.45, 2.75) is 24.5 Å². The van der Waals surface area contributed by atoms with E-state index in [1.54, 1.807) is 52.1 Å². The zero-order valence-corrected chi connectivity index (χ0v) is 16.8. The summed E-state index contributed by atoms with van der Waals surface area (Å²) in [5.74, 6) is -0.581. The van der Waals surface area contributed by atoms with E-state index in [0.29, 0.717) is 11.1 Å². The van der Waals surface area contributed by atoms with E-state index in [4.69, 9.17) is 4.55 Å². The number of allylic oxidation sites excluding steroid dienone is 1. The molecule has 12 heteroatoms. The van der Waals surface area contributed by atoms with E-state index in [1.165, 1.54) is 12.1 Å². The largest absolute Gasteiger partial charge is 0.471 e. The summed E-state index contributed by atoms with van der Waals surface area (Å²) in [6, 6.07) is 2.81. The minimum Gasteiger partial charge on any atom is -0.471 e. The van der Waals surface area contributed by atoms with Gasteiger partial charge in [-0.25, -0.2) is 0 Å². The number of benzene rings is 1. The molecule has 1 aromatic rings. The van der Waals surface area contributed by atoms with Crippen LogP contribution < -0.4 is 4.74 Å². The molecule has 0 amide bonds. The van der Waals surface area contributed by atoms with Gasteiger partial charge in [0, 0.05) is 0 Å². The summed E-state index contributed by atoms with van der Waals surface area (Å²) in [7, 11) is -6.36. The van der Waals surface area contributed by atoms with Crippen LogP contribution in [0.1, 0.15) is 12.5 Å². The summed E-state index contributed by atoms with van der Waals surface area (Å²) in [4.78, 5) is 0. The normalized spacial score (nSPS) is 14.4. The van der Waals surface area contributed by atoms with Crippen LogP contribution >= 0.6 is 45.2 Å². The van der Waals surface area contributed by atoms with Gasteiger partial charge < -0.3 is 4.74 Å². The molecule has 0 aliphatic heterocycles. The molecule has 1 rings (SSSR count). The first-order chi connectivity index (χ1) is 10.6. The second kappa shape index (κ2) is 7.19. The zero-order chi connectivity index (χ0) is 19.1. The molecule has 0 heterocycles. The molecule has 1 unspecified atom stereocenters. The molecule has 1 N–H and O–H groups in total. The van der Waals surface area contributed by atoms with Crippen LogP contribution in [0, 0.1) is 7.14 Å². The molecule has 0 saturated heterocycles. The van der Waals surface area contributed by atoms with Crippen LogP contribution in [0.5, 0.6) is 5.75 Å². The van der Waals surface area contributed by atoms with Gasteiger partial charge in [0.1, 0.15) is 5.75 Å². The third kappa shape index (κ3) is 4.49. The molecule has 4 nitrogen and oxygen atoms in total.